The van der Waals surface area contributed by atoms with Crippen molar-refractivity contribution in [3.8, 4) is 0 Å². The van der Waals surface area contributed by atoms with Crippen LogP contribution in [0.5, 0.6) is 0 Å². The Bertz CT molecular complexity index is 1390. The molecule has 2 amide bonds. The summed E-state index contributed by atoms with van der Waals surface area (Å²) in [7, 11) is -4.12. The van der Waals surface area contributed by atoms with E-state index >= 15 is 0 Å². The molecule has 0 bridgehead atoms. The molecule has 1 atom stereocenters. The summed E-state index contributed by atoms with van der Waals surface area (Å²) in [5, 5.41) is 3.38. The second kappa shape index (κ2) is 12.7. The molecule has 3 rings (SSSR count). The second-order valence-corrected chi connectivity index (χ2v) is 12.8. The number of rotatable bonds is 10. The van der Waals surface area contributed by atoms with Crippen LogP contribution >= 0.6 is 11.6 Å². The Morgan fingerprint density at radius 1 is 0.949 bits per heavy atom. The van der Waals surface area contributed by atoms with E-state index in [0.29, 0.717) is 22.7 Å². The summed E-state index contributed by atoms with van der Waals surface area (Å²) >= 11 is 6.15. The van der Waals surface area contributed by atoms with Gasteiger partial charge in [0.2, 0.25) is 11.8 Å². The number of amides is 2. The zero-order valence-corrected chi connectivity index (χ0v) is 24.6. The van der Waals surface area contributed by atoms with Gasteiger partial charge in [0.15, 0.2) is 0 Å². The predicted octanol–water partition coefficient (Wildman–Crippen LogP) is 5.22. The van der Waals surface area contributed by atoms with Crippen molar-refractivity contribution in [3.63, 3.8) is 0 Å². The first-order valence-corrected chi connectivity index (χ1v) is 14.6. The lowest BCUT2D eigenvalue weighted by molar-refractivity contribution is -0.139. The van der Waals surface area contributed by atoms with E-state index in [2.05, 4.69) is 5.32 Å². The molecule has 0 aromatic heterocycles. The lowest BCUT2D eigenvalue weighted by Gasteiger charge is -2.33. The Morgan fingerprint density at radius 3 is 2.10 bits per heavy atom. The van der Waals surface area contributed by atoms with Crippen LogP contribution in [-0.2, 0) is 26.0 Å². The molecule has 0 unspecified atom stereocenters. The molecule has 0 saturated heterocycles. The lowest BCUT2D eigenvalue weighted by Crippen LogP contribution is -2.55. The van der Waals surface area contributed by atoms with E-state index in [1.54, 1.807) is 50.2 Å². The van der Waals surface area contributed by atoms with Gasteiger partial charge in [-0.3, -0.25) is 13.9 Å². The largest absolute Gasteiger partial charge is 0.350 e. The third-order valence-corrected chi connectivity index (χ3v) is 8.20. The summed E-state index contributed by atoms with van der Waals surface area (Å²) in [5.74, 6) is -0.805. The number of hydrogen-bond donors (Lipinski definition) is 1. The van der Waals surface area contributed by atoms with Gasteiger partial charge in [-0.05, 0) is 82.5 Å². The number of nitrogens with one attached hydrogen (secondary N) is 1. The Labute approximate surface area is 236 Å². The van der Waals surface area contributed by atoms with Crippen molar-refractivity contribution in [2.24, 2.45) is 0 Å². The minimum absolute atomic E-state index is 0.0570. The summed E-state index contributed by atoms with van der Waals surface area (Å²) in [4.78, 5) is 28.6. The third-order valence-electron chi connectivity index (χ3n) is 6.19. The highest BCUT2D eigenvalue weighted by molar-refractivity contribution is 7.92. The maximum absolute atomic E-state index is 13.9. The Kier molecular flexibility index (Phi) is 9.80. The van der Waals surface area contributed by atoms with Gasteiger partial charge in [0.25, 0.3) is 10.0 Å². The van der Waals surface area contributed by atoms with Crippen LogP contribution in [0.1, 0.15) is 38.8 Å². The highest BCUT2D eigenvalue weighted by Crippen LogP contribution is 2.29. The zero-order valence-electron chi connectivity index (χ0n) is 23.0. The summed E-state index contributed by atoms with van der Waals surface area (Å²) in [5.41, 5.74) is 1.44. The maximum atomic E-state index is 13.9. The molecular weight excluding hydrogens is 534 g/mol. The van der Waals surface area contributed by atoms with E-state index < -0.39 is 34.1 Å². The number of aryl methyl sites for hydroxylation is 1. The van der Waals surface area contributed by atoms with Crippen LogP contribution < -0.4 is 9.62 Å². The van der Waals surface area contributed by atoms with Gasteiger partial charge >= 0.3 is 0 Å². The number of sulfonamides is 1. The molecule has 39 heavy (non-hydrogen) atoms. The quantitative estimate of drug-likeness (QED) is 0.363. The molecule has 0 heterocycles. The summed E-state index contributed by atoms with van der Waals surface area (Å²) < 4.78 is 28.8. The van der Waals surface area contributed by atoms with Gasteiger partial charge < -0.3 is 10.2 Å². The number of anilines is 1. The summed E-state index contributed by atoms with van der Waals surface area (Å²) in [6.45, 7) is 8.75. The van der Waals surface area contributed by atoms with E-state index in [0.717, 1.165) is 9.87 Å². The SMILES string of the molecule is Cc1cc(Cl)ccc1N(CC(=O)N(CCc1ccccc1)[C@@H](C)C(=O)NC(C)(C)C)S(=O)(=O)c1ccccc1. The highest BCUT2D eigenvalue weighted by Gasteiger charge is 2.33. The van der Waals surface area contributed by atoms with Crippen molar-refractivity contribution >= 4 is 39.1 Å². The number of benzene rings is 3. The molecule has 7 nitrogen and oxygen atoms in total. The Hall–Kier alpha value is -3.36. The summed E-state index contributed by atoms with van der Waals surface area (Å²) in [6.07, 6.45) is 0.505. The van der Waals surface area contributed by atoms with Gasteiger partial charge in [-0.15, -0.1) is 0 Å². The molecule has 0 saturated carbocycles. The highest BCUT2D eigenvalue weighted by atomic mass is 35.5. The topological polar surface area (TPSA) is 86.8 Å². The van der Waals surface area contributed by atoms with E-state index in [1.165, 1.54) is 17.0 Å². The lowest BCUT2D eigenvalue weighted by atomic mass is 10.1. The fourth-order valence-electron chi connectivity index (χ4n) is 4.18. The van der Waals surface area contributed by atoms with Gasteiger partial charge in [-0.2, -0.15) is 0 Å². The van der Waals surface area contributed by atoms with Crippen molar-refractivity contribution in [3.05, 3.63) is 95.0 Å². The van der Waals surface area contributed by atoms with Crippen LogP contribution in [-0.4, -0.2) is 49.8 Å². The monoisotopic (exact) mass is 569 g/mol. The van der Waals surface area contributed by atoms with Crippen LogP contribution in [0.4, 0.5) is 5.69 Å². The number of nitrogens with zero attached hydrogens (tertiary/aromatic N) is 2. The van der Waals surface area contributed by atoms with Gasteiger partial charge in [0.05, 0.1) is 10.6 Å². The van der Waals surface area contributed by atoms with Crippen molar-refractivity contribution in [2.45, 2.75) is 57.5 Å². The van der Waals surface area contributed by atoms with Gasteiger partial charge in [-0.1, -0.05) is 60.1 Å². The molecule has 9 heteroatoms. The van der Waals surface area contributed by atoms with Crippen LogP contribution in [0.25, 0.3) is 0 Å². The molecule has 3 aromatic rings. The molecule has 0 aliphatic rings. The second-order valence-electron chi connectivity index (χ2n) is 10.5. The minimum Gasteiger partial charge on any atom is -0.350 e. The standard InChI is InChI=1S/C30H36ClN3O4S/c1-22-20-25(31)16-17-27(22)34(39(37,38)26-14-10-7-11-15-26)21-28(35)33(19-18-24-12-8-6-9-13-24)23(2)29(36)32-30(3,4)5/h6-17,20,23H,18-19,21H2,1-5H3,(H,32,36)/t23-/m0/s1. The van der Waals surface area contributed by atoms with E-state index in [9.17, 15) is 18.0 Å². The molecule has 0 aliphatic heterocycles. The fourth-order valence-corrected chi connectivity index (χ4v) is 5.90. The third kappa shape index (κ3) is 8.07. The molecule has 0 spiro atoms. The predicted molar refractivity (Wildman–Crippen MR) is 156 cm³/mol. The minimum atomic E-state index is -4.12. The van der Waals surface area contributed by atoms with Gasteiger partial charge in [0.1, 0.15) is 12.6 Å². The molecule has 0 radical (unpaired) electrons. The normalized spacial score (nSPS) is 12.5. The molecular formula is C30H36ClN3O4S. The van der Waals surface area contributed by atoms with Crippen LogP contribution in [0.15, 0.2) is 83.8 Å². The molecule has 0 fully saturated rings. The Morgan fingerprint density at radius 2 is 1.54 bits per heavy atom. The molecule has 3 aromatic carbocycles. The fraction of sp³-hybridized carbons (Fsp3) is 0.333. The van der Waals surface area contributed by atoms with Crippen LogP contribution in [0.2, 0.25) is 5.02 Å². The van der Waals surface area contributed by atoms with E-state index in [-0.39, 0.29) is 17.3 Å². The van der Waals surface area contributed by atoms with E-state index in [1.807, 2.05) is 51.1 Å². The van der Waals surface area contributed by atoms with Gasteiger partial charge in [-0.25, -0.2) is 8.42 Å². The van der Waals surface area contributed by atoms with Crippen molar-refractivity contribution in [1.82, 2.24) is 10.2 Å². The molecule has 1 N–H and O–H groups in total. The number of halogens is 1. The first-order chi connectivity index (χ1) is 18.3. The summed E-state index contributed by atoms with van der Waals surface area (Å²) in [6, 6.07) is 21.6. The van der Waals surface area contributed by atoms with Crippen molar-refractivity contribution < 1.29 is 18.0 Å². The number of hydrogen-bond acceptors (Lipinski definition) is 4. The van der Waals surface area contributed by atoms with E-state index in [4.69, 9.17) is 11.6 Å². The van der Waals surface area contributed by atoms with Gasteiger partial charge in [0, 0.05) is 17.1 Å². The van der Waals surface area contributed by atoms with Crippen molar-refractivity contribution in [1.29, 1.82) is 0 Å². The number of carbonyl (C=O) groups is 2. The van der Waals surface area contributed by atoms with Crippen LogP contribution in [0, 0.1) is 6.92 Å². The smallest absolute Gasteiger partial charge is 0.264 e. The first-order valence-electron chi connectivity index (χ1n) is 12.8. The first kappa shape index (κ1) is 30.2. The van der Waals surface area contributed by atoms with Crippen molar-refractivity contribution in [2.75, 3.05) is 17.4 Å². The average molecular weight is 570 g/mol. The molecule has 0 aliphatic carbocycles. The molecule has 208 valence electrons. The number of carbonyl (C=O) groups excluding carboxylic acids is 2. The zero-order chi connectivity index (χ0) is 28.8. The Balaban J connectivity index is 2.01. The average Bonchev–Trinajstić information content (AvgIpc) is 2.87. The maximum Gasteiger partial charge on any atom is 0.264 e. The van der Waals surface area contributed by atoms with Crippen LogP contribution in [0.3, 0.4) is 0 Å².